The first-order chi connectivity index (χ1) is 7.85. The summed E-state index contributed by atoms with van der Waals surface area (Å²) in [7, 11) is 0. The molecule has 92 valence electrons. The van der Waals surface area contributed by atoms with Crippen molar-refractivity contribution < 1.29 is 24.5 Å². The molecule has 0 aliphatic heterocycles. The Hall–Kier alpha value is -1.72. The van der Waals surface area contributed by atoms with E-state index in [0.717, 1.165) is 0 Å². The van der Waals surface area contributed by atoms with Gasteiger partial charge in [-0.15, -0.1) is 0 Å². The second kappa shape index (κ2) is 5.07. The van der Waals surface area contributed by atoms with Gasteiger partial charge in [0.05, 0.1) is 0 Å². The molecule has 5 heteroatoms. The van der Waals surface area contributed by atoms with Crippen molar-refractivity contribution in [3.8, 4) is 0 Å². The zero-order valence-electron chi connectivity index (χ0n) is 9.58. The molecule has 0 saturated heterocycles. The van der Waals surface area contributed by atoms with Gasteiger partial charge < -0.3 is 14.9 Å². The van der Waals surface area contributed by atoms with E-state index in [1.165, 1.54) is 26.0 Å². The molecule has 0 spiro atoms. The molecule has 1 rings (SSSR count). The molecule has 2 atom stereocenters. The second-order valence-electron chi connectivity index (χ2n) is 3.82. The van der Waals surface area contributed by atoms with E-state index in [2.05, 4.69) is 4.74 Å². The van der Waals surface area contributed by atoms with Crippen molar-refractivity contribution in [1.82, 2.24) is 0 Å². The first kappa shape index (κ1) is 13.3. The van der Waals surface area contributed by atoms with Crippen molar-refractivity contribution in [3.05, 3.63) is 35.9 Å². The highest BCUT2D eigenvalue weighted by Gasteiger charge is 2.36. The van der Waals surface area contributed by atoms with Crippen LogP contribution in [-0.2, 0) is 19.9 Å². The van der Waals surface area contributed by atoms with E-state index in [1.54, 1.807) is 18.2 Å². The summed E-state index contributed by atoms with van der Waals surface area (Å²) in [5.74, 6) is -2.21. The van der Waals surface area contributed by atoms with Gasteiger partial charge in [-0.05, 0) is 19.4 Å². The van der Waals surface area contributed by atoms with Gasteiger partial charge in [0.1, 0.15) is 6.10 Å². The maximum atomic E-state index is 11.6. The third kappa shape index (κ3) is 3.12. The van der Waals surface area contributed by atoms with E-state index in [0.29, 0.717) is 5.56 Å². The van der Waals surface area contributed by atoms with Crippen LogP contribution in [0.3, 0.4) is 0 Å². The lowest BCUT2D eigenvalue weighted by atomic mass is 9.96. The fourth-order valence-electron chi connectivity index (χ4n) is 1.16. The summed E-state index contributed by atoms with van der Waals surface area (Å²) in [6, 6.07) is 8.09. The van der Waals surface area contributed by atoms with E-state index in [4.69, 9.17) is 5.11 Å². The number of esters is 2. The van der Waals surface area contributed by atoms with Crippen molar-refractivity contribution in [2.45, 2.75) is 25.6 Å². The molecule has 0 aromatic heterocycles. The predicted molar refractivity (Wildman–Crippen MR) is 58.8 cm³/mol. The molecule has 0 amide bonds. The molecule has 2 N–H and O–H groups in total. The molecule has 1 aromatic rings. The zero-order chi connectivity index (χ0) is 13.1. The number of hydrogen-bond acceptors (Lipinski definition) is 5. The monoisotopic (exact) mass is 238 g/mol. The Morgan fingerprint density at radius 2 is 1.82 bits per heavy atom. The zero-order valence-corrected chi connectivity index (χ0v) is 9.58. The normalized spacial score (nSPS) is 15.8. The second-order valence-corrected chi connectivity index (χ2v) is 3.82. The summed E-state index contributed by atoms with van der Waals surface area (Å²) in [6.07, 6.45) is -1.41. The number of aliphatic hydroxyl groups excluding tert-OH is 1. The summed E-state index contributed by atoms with van der Waals surface area (Å²) in [4.78, 5) is 22.6. The summed E-state index contributed by atoms with van der Waals surface area (Å²) in [5, 5.41) is 18.9. The van der Waals surface area contributed by atoms with Crippen LogP contribution in [0.4, 0.5) is 0 Å². The molecular formula is C12H14O5. The minimum atomic E-state index is -1.92. The van der Waals surface area contributed by atoms with Crippen LogP contribution in [-0.4, -0.2) is 28.3 Å². The maximum absolute atomic E-state index is 11.6. The van der Waals surface area contributed by atoms with Crippen molar-refractivity contribution in [2.24, 2.45) is 0 Å². The molecule has 0 radical (unpaired) electrons. The molecule has 0 aliphatic rings. The lowest BCUT2D eigenvalue weighted by Gasteiger charge is -2.21. The van der Waals surface area contributed by atoms with Gasteiger partial charge in [0.25, 0.3) is 0 Å². The first-order valence-corrected chi connectivity index (χ1v) is 5.08. The standard InChI is InChI=1S/C12H14O5/c1-8(13)10(14)17-11(15)12(2,16)9-6-4-3-5-7-9/h3-8,13,16H,1-2H3. The summed E-state index contributed by atoms with van der Waals surface area (Å²) >= 11 is 0. The average Bonchev–Trinajstić information content (AvgIpc) is 2.29. The molecule has 2 unspecified atom stereocenters. The van der Waals surface area contributed by atoms with Crippen LogP contribution in [0.5, 0.6) is 0 Å². The van der Waals surface area contributed by atoms with Gasteiger partial charge in [-0.2, -0.15) is 0 Å². The van der Waals surface area contributed by atoms with Crippen LogP contribution in [0.25, 0.3) is 0 Å². The molecule has 0 bridgehead atoms. The van der Waals surface area contributed by atoms with Crippen molar-refractivity contribution in [1.29, 1.82) is 0 Å². The van der Waals surface area contributed by atoms with Crippen molar-refractivity contribution in [3.63, 3.8) is 0 Å². The highest BCUT2D eigenvalue weighted by molar-refractivity contribution is 5.92. The largest absolute Gasteiger partial charge is 0.389 e. The average molecular weight is 238 g/mol. The number of carbonyl (C=O) groups excluding carboxylic acids is 2. The molecule has 17 heavy (non-hydrogen) atoms. The number of rotatable bonds is 3. The van der Waals surface area contributed by atoms with Crippen LogP contribution < -0.4 is 0 Å². The van der Waals surface area contributed by atoms with Gasteiger partial charge in [-0.1, -0.05) is 30.3 Å². The molecule has 5 nitrogen and oxygen atoms in total. The van der Waals surface area contributed by atoms with Crippen LogP contribution in [0.1, 0.15) is 19.4 Å². The van der Waals surface area contributed by atoms with Gasteiger partial charge >= 0.3 is 11.9 Å². The smallest absolute Gasteiger partial charge is 0.350 e. The molecule has 0 aliphatic carbocycles. The lowest BCUT2D eigenvalue weighted by molar-refractivity contribution is -0.178. The quantitative estimate of drug-likeness (QED) is 0.586. The Kier molecular flexibility index (Phi) is 3.98. The fraction of sp³-hybridized carbons (Fsp3) is 0.333. The highest BCUT2D eigenvalue weighted by atomic mass is 16.6. The molecule has 0 heterocycles. The number of hydrogen-bond donors (Lipinski definition) is 2. The highest BCUT2D eigenvalue weighted by Crippen LogP contribution is 2.21. The Labute approximate surface area is 98.6 Å². The minimum Gasteiger partial charge on any atom is -0.389 e. The summed E-state index contributed by atoms with van der Waals surface area (Å²) in [5.41, 5.74) is -1.62. The van der Waals surface area contributed by atoms with E-state index < -0.39 is 23.6 Å². The lowest BCUT2D eigenvalue weighted by Crippen LogP contribution is -2.37. The van der Waals surface area contributed by atoms with E-state index in [-0.39, 0.29) is 0 Å². The summed E-state index contributed by atoms with van der Waals surface area (Å²) in [6.45, 7) is 2.40. The molecule has 1 aromatic carbocycles. The van der Waals surface area contributed by atoms with Crippen LogP contribution >= 0.6 is 0 Å². The van der Waals surface area contributed by atoms with Gasteiger partial charge in [0, 0.05) is 0 Å². The molecule has 0 fully saturated rings. The van der Waals surface area contributed by atoms with Gasteiger partial charge in [0.2, 0.25) is 0 Å². The van der Waals surface area contributed by atoms with E-state index >= 15 is 0 Å². The Morgan fingerprint density at radius 1 is 1.29 bits per heavy atom. The number of ether oxygens (including phenoxy) is 1. The van der Waals surface area contributed by atoms with Crippen molar-refractivity contribution >= 4 is 11.9 Å². The van der Waals surface area contributed by atoms with E-state index in [1.807, 2.05) is 0 Å². The number of benzene rings is 1. The van der Waals surface area contributed by atoms with Gasteiger partial charge in [-0.3, -0.25) is 0 Å². The topological polar surface area (TPSA) is 83.8 Å². The van der Waals surface area contributed by atoms with E-state index in [9.17, 15) is 14.7 Å². The van der Waals surface area contributed by atoms with Crippen LogP contribution in [0, 0.1) is 0 Å². The Morgan fingerprint density at radius 3 is 2.29 bits per heavy atom. The number of carbonyl (C=O) groups is 2. The van der Waals surface area contributed by atoms with Gasteiger partial charge in [-0.25, -0.2) is 9.59 Å². The van der Waals surface area contributed by atoms with Crippen LogP contribution in [0.2, 0.25) is 0 Å². The first-order valence-electron chi connectivity index (χ1n) is 5.08. The maximum Gasteiger partial charge on any atom is 0.350 e. The fourth-order valence-corrected chi connectivity index (χ4v) is 1.16. The van der Waals surface area contributed by atoms with Crippen molar-refractivity contribution in [2.75, 3.05) is 0 Å². The number of aliphatic hydroxyl groups is 2. The Balaban J connectivity index is 2.85. The summed E-state index contributed by atoms with van der Waals surface area (Å²) < 4.78 is 4.35. The third-order valence-electron chi connectivity index (χ3n) is 2.27. The molecule has 0 saturated carbocycles. The van der Waals surface area contributed by atoms with Gasteiger partial charge in [0.15, 0.2) is 5.60 Å². The predicted octanol–water partition coefficient (Wildman–Crippen LogP) is 0.345. The molecular weight excluding hydrogens is 224 g/mol. The Bertz CT molecular complexity index is 408. The third-order valence-corrected chi connectivity index (χ3v) is 2.27. The SMILES string of the molecule is CC(O)C(=O)OC(=O)C(C)(O)c1ccccc1. The van der Waals surface area contributed by atoms with Crippen LogP contribution in [0.15, 0.2) is 30.3 Å². The minimum absolute atomic E-state index is 0.309.